The maximum Gasteiger partial charge on any atom is 0.405 e. The summed E-state index contributed by atoms with van der Waals surface area (Å²) in [5, 5.41) is 9.60. The summed E-state index contributed by atoms with van der Waals surface area (Å²) in [6.45, 7) is -1.04. The van der Waals surface area contributed by atoms with Gasteiger partial charge >= 0.3 is 6.18 Å². The largest absolute Gasteiger partial charge is 0.495 e. The molecule has 0 unspecified atom stereocenters. The standard InChI is InChI=1S/C27H24F3N7O3S/c1-40-22-10-7-18(14-23(22)41(2,38)39)20-8-9-21-24(34-20)25(32-16-27(28,29)30)36-26(35-21)31-15-17-5-3-6-19(13-17)37-12-4-11-33-37/h3-14H,15-16H2,1-2H3,(H2,31,32,35,36). The highest BCUT2D eigenvalue weighted by Crippen LogP contribution is 2.31. The van der Waals surface area contributed by atoms with Crippen molar-refractivity contribution in [2.24, 2.45) is 0 Å². The van der Waals surface area contributed by atoms with Gasteiger partial charge in [0, 0.05) is 30.8 Å². The molecule has 5 rings (SSSR count). The van der Waals surface area contributed by atoms with Gasteiger partial charge in [-0.25, -0.2) is 23.1 Å². The first kappa shape index (κ1) is 27.8. The van der Waals surface area contributed by atoms with Gasteiger partial charge in [0.2, 0.25) is 5.95 Å². The number of hydrogen-bond donors (Lipinski definition) is 2. The van der Waals surface area contributed by atoms with Gasteiger partial charge in [-0.15, -0.1) is 0 Å². The molecule has 0 bridgehead atoms. The van der Waals surface area contributed by atoms with Gasteiger partial charge in [0.25, 0.3) is 0 Å². The minimum Gasteiger partial charge on any atom is -0.495 e. The van der Waals surface area contributed by atoms with Gasteiger partial charge in [-0.3, -0.25) is 0 Å². The first-order chi connectivity index (χ1) is 19.5. The van der Waals surface area contributed by atoms with E-state index in [0.717, 1.165) is 17.5 Å². The molecule has 0 fully saturated rings. The van der Waals surface area contributed by atoms with E-state index in [2.05, 4.69) is 30.7 Å². The van der Waals surface area contributed by atoms with Crippen molar-refractivity contribution in [3.63, 3.8) is 0 Å². The van der Waals surface area contributed by atoms with Crippen molar-refractivity contribution in [3.8, 4) is 22.7 Å². The summed E-state index contributed by atoms with van der Waals surface area (Å²) in [5.41, 5.74) is 2.85. The average Bonchev–Trinajstić information content (AvgIpc) is 3.49. The number of aromatic nitrogens is 5. The molecule has 2 N–H and O–H groups in total. The normalized spacial score (nSPS) is 11.9. The molecule has 0 saturated carbocycles. The lowest BCUT2D eigenvalue weighted by Crippen LogP contribution is -2.22. The summed E-state index contributed by atoms with van der Waals surface area (Å²) < 4.78 is 70.8. The Hall–Kier alpha value is -4.72. The molecule has 0 aliphatic carbocycles. The molecule has 0 aliphatic rings. The predicted molar refractivity (Wildman–Crippen MR) is 148 cm³/mol. The molecule has 3 heterocycles. The molecular formula is C27H24F3N7O3S. The number of methoxy groups -OCH3 is 1. The molecule has 0 saturated heterocycles. The smallest absolute Gasteiger partial charge is 0.405 e. The highest BCUT2D eigenvalue weighted by atomic mass is 32.2. The van der Waals surface area contributed by atoms with Gasteiger partial charge in [0.1, 0.15) is 22.7 Å². The lowest BCUT2D eigenvalue weighted by molar-refractivity contribution is -0.115. The van der Waals surface area contributed by atoms with Crippen LogP contribution in [0.1, 0.15) is 5.56 Å². The molecule has 10 nitrogen and oxygen atoms in total. The van der Waals surface area contributed by atoms with Crippen molar-refractivity contribution < 1.29 is 26.3 Å². The Kier molecular flexibility index (Phi) is 7.49. The van der Waals surface area contributed by atoms with E-state index in [-0.39, 0.29) is 33.4 Å². The number of halogens is 3. The van der Waals surface area contributed by atoms with E-state index >= 15 is 0 Å². The number of alkyl halides is 3. The zero-order valence-corrected chi connectivity index (χ0v) is 22.7. The van der Waals surface area contributed by atoms with Crippen LogP contribution in [0.4, 0.5) is 24.9 Å². The van der Waals surface area contributed by atoms with Gasteiger partial charge in [-0.2, -0.15) is 23.3 Å². The Labute approximate surface area is 233 Å². The van der Waals surface area contributed by atoms with Crippen LogP contribution < -0.4 is 15.4 Å². The topological polar surface area (TPSA) is 124 Å². The highest BCUT2D eigenvalue weighted by Gasteiger charge is 2.27. The monoisotopic (exact) mass is 583 g/mol. The molecular weight excluding hydrogens is 559 g/mol. The first-order valence-corrected chi connectivity index (χ1v) is 14.1. The number of rotatable bonds is 9. The highest BCUT2D eigenvalue weighted by molar-refractivity contribution is 7.90. The van der Waals surface area contributed by atoms with Crippen molar-refractivity contribution in [3.05, 3.63) is 78.6 Å². The molecule has 3 aromatic heterocycles. The molecule has 2 aromatic carbocycles. The number of ether oxygens (including phenoxy) is 1. The minimum atomic E-state index is -4.50. The van der Waals surface area contributed by atoms with E-state index < -0.39 is 22.6 Å². The average molecular weight is 584 g/mol. The van der Waals surface area contributed by atoms with Crippen molar-refractivity contribution in [1.29, 1.82) is 0 Å². The Morgan fingerprint density at radius 3 is 2.51 bits per heavy atom. The lowest BCUT2D eigenvalue weighted by Gasteiger charge is -2.14. The van der Waals surface area contributed by atoms with E-state index in [9.17, 15) is 21.6 Å². The van der Waals surface area contributed by atoms with Crippen LogP contribution in [0.5, 0.6) is 5.75 Å². The third-order valence-electron chi connectivity index (χ3n) is 5.99. The second kappa shape index (κ2) is 11.0. The maximum absolute atomic E-state index is 13.1. The summed E-state index contributed by atoms with van der Waals surface area (Å²) in [5.74, 6) is 0.141. The lowest BCUT2D eigenvalue weighted by atomic mass is 10.1. The molecule has 0 atom stereocenters. The Bertz CT molecular complexity index is 1810. The van der Waals surface area contributed by atoms with Gasteiger partial charge in [0.05, 0.1) is 24.0 Å². The maximum atomic E-state index is 13.1. The van der Waals surface area contributed by atoms with Crippen molar-refractivity contribution >= 4 is 32.6 Å². The first-order valence-electron chi connectivity index (χ1n) is 12.2. The zero-order valence-electron chi connectivity index (χ0n) is 21.8. The van der Waals surface area contributed by atoms with Gasteiger partial charge in [0.15, 0.2) is 15.7 Å². The number of fused-ring (bicyclic) bond motifs is 1. The van der Waals surface area contributed by atoms with Crippen LogP contribution in [0.25, 0.3) is 28.0 Å². The molecule has 0 radical (unpaired) electrons. The zero-order chi connectivity index (χ0) is 29.2. The second-order valence-corrected chi connectivity index (χ2v) is 11.0. The summed E-state index contributed by atoms with van der Waals surface area (Å²) in [6, 6.07) is 17.1. The Morgan fingerprint density at radius 2 is 1.80 bits per heavy atom. The summed E-state index contributed by atoms with van der Waals surface area (Å²) in [7, 11) is -2.27. The molecule has 212 valence electrons. The molecule has 0 amide bonds. The van der Waals surface area contributed by atoms with Gasteiger partial charge in [-0.05, 0) is 54.1 Å². The summed E-state index contributed by atoms with van der Waals surface area (Å²) in [4.78, 5) is 13.2. The molecule has 5 aromatic rings. The molecule has 41 heavy (non-hydrogen) atoms. The number of benzene rings is 2. The van der Waals surface area contributed by atoms with E-state index in [0.29, 0.717) is 17.8 Å². The molecule has 14 heteroatoms. The third kappa shape index (κ3) is 6.54. The Morgan fingerprint density at radius 1 is 0.976 bits per heavy atom. The van der Waals surface area contributed by atoms with E-state index in [1.54, 1.807) is 29.1 Å². The minimum absolute atomic E-state index is 0.0396. The van der Waals surface area contributed by atoms with Crippen molar-refractivity contribution in [2.45, 2.75) is 17.6 Å². The quantitative estimate of drug-likeness (QED) is 0.250. The van der Waals surface area contributed by atoms with Crippen LogP contribution in [-0.2, 0) is 16.4 Å². The number of nitrogens with zero attached hydrogens (tertiary/aromatic N) is 5. The van der Waals surface area contributed by atoms with E-state index in [1.807, 2.05) is 36.5 Å². The van der Waals surface area contributed by atoms with Crippen molar-refractivity contribution in [1.82, 2.24) is 24.7 Å². The van der Waals surface area contributed by atoms with Crippen molar-refractivity contribution in [2.75, 3.05) is 30.5 Å². The van der Waals surface area contributed by atoms with Crippen LogP contribution in [0.3, 0.4) is 0 Å². The van der Waals surface area contributed by atoms with Crippen LogP contribution in [0.2, 0.25) is 0 Å². The predicted octanol–water partition coefficient (Wildman–Crippen LogP) is 4.88. The second-order valence-electron chi connectivity index (χ2n) is 9.04. The fourth-order valence-corrected chi connectivity index (χ4v) is 4.96. The number of anilines is 2. The van der Waals surface area contributed by atoms with E-state index in [1.165, 1.54) is 19.2 Å². The summed E-state index contributed by atoms with van der Waals surface area (Å²) >= 11 is 0. The van der Waals surface area contributed by atoms with Crippen LogP contribution in [-0.4, -0.2) is 59.2 Å². The van der Waals surface area contributed by atoms with Gasteiger partial charge in [-0.1, -0.05) is 12.1 Å². The number of sulfone groups is 1. The number of pyridine rings is 1. The Balaban J connectivity index is 1.49. The number of nitrogens with one attached hydrogen (secondary N) is 2. The van der Waals surface area contributed by atoms with Crippen LogP contribution in [0, 0.1) is 0 Å². The van der Waals surface area contributed by atoms with E-state index in [4.69, 9.17) is 4.74 Å². The SMILES string of the molecule is COc1ccc(-c2ccc3nc(NCc4cccc(-n5cccn5)c4)nc(NCC(F)(F)F)c3n2)cc1S(C)(=O)=O. The van der Waals surface area contributed by atoms with Crippen LogP contribution in [0.15, 0.2) is 78.0 Å². The van der Waals surface area contributed by atoms with Gasteiger partial charge < -0.3 is 15.4 Å². The molecule has 0 spiro atoms. The molecule has 0 aliphatic heterocycles. The fourth-order valence-electron chi connectivity index (χ4n) is 4.10. The third-order valence-corrected chi connectivity index (χ3v) is 7.11. The van der Waals surface area contributed by atoms with Crippen LogP contribution >= 0.6 is 0 Å². The fraction of sp³-hybridized carbons (Fsp3) is 0.185. The summed E-state index contributed by atoms with van der Waals surface area (Å²) in [6.07, 6.45) is 0.0300. The number of hydrogen-bond acceptors (Lipinski definition) is 9.